The highest BCUT2D eigenvalue weighted by molar-refractivity contribution is 8.15. The number of benzene rings is 1. The van der Waals surface area contributed by atoms with E-state index in [1.807, 2.05) is 30.3 Å². The summed E-state index contributed by atoms with van der Waals surface area (Å²) < 4.78 is 4.96. The van der Waals surface area contributed by atoms with Crippen LogP contribution in [0.2, 0.25) is 0 Å². The van der Waals surface area contributed by atoms with Gasteiger partial charge < -0.3 is 9.72 Å². The van der Waals surface area contributed by atoms with E-state index in [1.54, 1.807) is 6.92 Å². The summed E-state index contributed by atoms with van der Waals surface area (Å²) in [7, 11) is 0. The summed E-state index contributed by atoms with van der Waals surface area (Å²) in [6.45, 7) is 1.99. The fraction of sp³-hybridized carbons (Fsp3) is 0.200. The van der Waals surface area contributed by atoms with Gasteiger partial charge in [0.15, 0.2) is 16.7 Å². The number of hydrogen-bond donors (Lipinski definition) is 1. The zero-order chi connectivity index (χ0) is 16.2. The number of aromatic nitrogens is 2. The quantitative estimate of drug-likeness (QED) is 0.870. The minimum atomic E-state index is -0.523. The molecule has 2 aromatic rings. The van der Waals surface area contributed by atoms with E-state index in [2.05, 4.69) is 15.0 Å². The standard InChI is InChI=1S/C15H14N4O3S/c1-2-22-14(21)12-13(17-9-16-12)18-15-19(11(20)8-23-15)10-6-4-3-5-7-10/h3-7,9H,2,8H2,1H3,(H,16,17). The van der Waals surface area contributed by atoms with Gasteiger partial charge in [-0.1, -0.05) is 30.0 Å². The number of nitrogens with zero attached hydrogens (tertiary/aromatic N) is 3. The maximum absolute atomic E-state index is 12.1. The SMILES string of the molecule is CCOC(=O)c1[nH]cnc1N=C1SCC(=O)N1c1ccccc1. The molecule has 0 saturated carbocycles. The van der Waals surface area contributed by atoms with Crippen LogP contribution in [0.25, 0.3) is 0 Å². The largest absolute Gasteiger partial charge is 0.461 e. The summed E-state index contributed by atoms with van der Waals surface area (Å²) in [6, 6.07) is 9.23. The van der Waals surface area contributed by atoms with Gasteiger partial charge in [-0.2, -0.15) is 0 Å². The molecule has 23 heavy (non-hydrogen) atoms. The van der Waals surface area contributed by atoms with Crippen molar-refractivity contribution in [2.75, 3.05) is 17.3 Å². The second kappa shape index (κ2) is 6.66. The Hall–Kier alpha value is -2.61. The Balaban J connectivity index is 1.95. The number of aromatic amines is 1. The monoisotopic (exact) mass is 330 g/mol. The second-order valence-electron chi connectivity index (χ2n) is 4.57. The molecule has 0 radical (unpaired) electrons. The number of amides is 1. The summed E-state index contributed by atoms with van der Waals surface area (Å²) in [6.07, 6.45) is 1.37. The Kier molecular flexibility index (Phi) is 4.42. The van der Waals surface area contributed by atoms with Crippen LogP contribution in [-0.4, -0.2) is 39.4 Å². The number of carbonyl (C=O) groups excluding carboxylic acids is 2. The van der Waals surface area contributed by atoms with Crippen molar-refractivity contribution >= 4 is 40.3 Å². The maximum atomic E-state index is 12.1. The van der Waals surface area contributed by atoms with Gasteiger partial charge in [0.2, 0.25) is 5.91 Å². The number of H-pyrrole nitrogens is 1. The van der Waals surface area contributed by atoms with E-state index in [9.17, 15) is 9.59 Å². The first-order chi connectivity index (χ1) is 11.2. The van der Waals surface area contributed by atoms with Gasteiger partial charge in [0.1, 0.15) is 0 Å². The third-order valence-corrected chi connectivity index (χ3v) is 4.00. The Morgan fingerprint density at radius 1 is 1.43 bits per heavy atom. The maximum Gasteiger partial charge on any atom is 0.358 e. The lowest BCUT2D eigenvalue weighted by Gasteiger charge is -2.15. The lowest BCUT2D eigenvalue weighted by Crippen LogP contribution is -2.29. The predicted molar refractivity (Wildman–Crippen MR) is 88.0 cm³/mol. The van der Waals surface area contributed by atoms with Gasteiger partial charge in [0.05, 0.1) is 24.4 Å². The number of aliphatic imine (C=N–C) groups is 1. The Bertz CT molecular complexity index is 757. The van der Waals surface area contributed by atoms with Gasteiger partial charge in [-0.25, -0.2) is 14.8 Å². The van der Waals surface area contributed by atoms with Crippen LogP contribution in [-0.2, 0) is 9.53 Å². The second-order valence-corrected chi connectivity index (χ2v) is 5.51. The lowest BCUT2D eigenvalue weighted by molar-refractivity contribution is -0.115. The molecule has 0 atom stereocenters. The molecule has 1 aromatic carbocycles. The van der Waals surface area contributed by atoms with Crippen molar-refractivity contribution < 1.29 is 14.3 Å². The van der Waals surface area contributed by atoms with E-state index < -0.39 is 5.97 Å². The van der Waals surface area contributed by atoms with Gasteiger partial charge in [0, 0.05) is 0 Å². The molecule has 1 N–H and O–H groups in total. The highest BCUT2D eigenvalue weighted by atomic mass is 32.2. The predicted octanol–water partition coefficient (Wildman–Crippen LogP) is 2.35. The highest BCUT2D eigenvalue weighted by Gasteiger charge is 2.30. The van der Waals surface area contributed by atoms with Crippen molar-refractivity contribution in [1.82, 2.24) is 9.97 Å². The van der Waals surface area contributed by atoms with Crippen LogP contribution in [0.1, 0.15) is 17.4 Å². The first-order valence-electron chi connectivity index (χ1n) is 7.00. The molecule has 7 nitrogen and oxygen atoms in total. The van der Waals surface area contributed by atoms with E-state index in [0.717, 1.165) is 5.69 Å². The first kappa shape index (κ1) is 15.3. The number of ether oxygens (including phenoxy) is 1. The van der Waals surface area contributed by atoms with Crippen LogP contribution in [0, 0.1) is 0 Å². The summed E-state index contributed by atoms with van der Waals surface area (Å²) >= 11 is 1.31. The molecule has 1 saturated heterocycles. The fourth-order valence-corrected chi connectivity index (χ4v) is 2.96. The molecule has 0 unspecified atom stereocenters. The van der Waals surface area contributed by atoms with Gasteiger partial charge in [-0.05, 0) is 19.1 Å². The van der Waals surface area contributed by atoms with Crippen molar-refractivity contribution in [3.63, 3.8) is 0 Å². The number of carbonyl (C=O) groups is 2. The number of hydrogen-bond acceptors (Lipinski definition) is 6. The van der Waals surface area contributed by atoms with Crippen LogP contribution >= 0.6 is 11.8 Å². The third kappa shape index (κ3) is 3.11. The van der Waals surface area contributed by atoms with Gasteiger partial charge in [-0.15, -0.1) is 0 Å². The number of imidazole rings is 1. The number of amidine groups is 1. The highest BCUT2D eigenvalue weighted by Crippen LogP contribution is 2.29. The van der Waals surface area contributed by atoms with Crippen LogP contribution in [0.3, 0.4) is 0 Å². The van der Waals surface area contributed by atoms with Gasteiger partial charge in [0.25, 0.3) is 0 Å². The van der Waals surface area contributed by atoms with Crippen LogP contribution in [0.4, 0.5) is 11.5 Å². The van der Waals surface area contributed by atoms with Crippen molar-refractivity contribution in [2.24, 2.45) is 4.99 Å². The van der Waals surface area contributed by atoms with Crippen LogP contribution in [0.5, 0.6) is 0 Å². The molecule has 0 spiro atoms. The normalized spacial score (nSPS) is 16.1. The zero-order valence-corrected chi connectivity index (χ0v) is 13.2. The number of thioether (sulfide) groups is 1. The van der Waals surface area contributed by atoms with E-state index in [1.165, 1.54) is 23.0 Å². The van der Waals surface area contributed by atoms with Crippen molar-refractivity contribution in [1.29, 1.82) is 0 Å². The van der Waals surface area contributed by atoms with E-state index in [-0.39, 0.29) is 24.0 Å². The minimum absolute atomic E-state index is 0.0619. The number of rotatable bonds is 4. The number of anilines is 1. The molecular formula is C15H14N4O3S. The third-order valence-electron chi connectivity index (χ3n) is 3.08. The molecule has 1 aliphatic heterocycles. The number of para-hydroxylation sites is 1. The molecule has 3 rings (SSSR count). The average molecular weight is 330 g/mol. The van der Waals surface area contributed by atoms with Crippen molar-refractivity contribution in [3.8, 4) is 0 Å². The molecule has 1 aromatic heterocycles. The molecule has 0 aliphatic carbocycles. The smallest absolute Gasteiger partial charge is 0.358 e. The average Bonchev–Trinajstić information content (AvgIpc) is 3.16. The van der Waals surface area contributed by atoms with Crippen LogP contribution < -0.4 is 4.90 Å². The molecule has 1 aliphatic rings. The van der Waals surface area contributed by atoms with Crippen molar-refractivity contribution in [3.05, 3.63) is 42.4 Å². The molecule has 8 heteroatoms. The first-order valence-corrected chi connectivity index (χ1v) is 7.99. The Morgan fingerprint density at radius 2 is 2.22 bits per heavy atom. The molecular weight excluding hydrogens is 316 g/mol. The Morgan fingerprint density at radius 3 is 2.96 bits per heavy atom. The molecule has 1 amide bonds. The van der Waals surface area contributed by atoms with Crippen LogP contribution in [0.15, 0.2) is 41.7 Å². The topological polar surface area (TPSA) is 87.6 Å². The summed E-state index contributed by atoms with van der Waals surface area (Å²) in [5, 5.41) is 0.485. The summed E-state index contributed by atoms with van der Waals surface area (Å²) in [5.74, 6) is -0.0768. The van der Waals surface area contributed by atoms with E-state index in [4.69, 9.17) is 4.74 Å². The fourth-order valence-electron chi connectivity index (χ4n) is 2.09. The van der Waals surface area contributed by atoms with Gasteiger partial charge >= 0.3 is 5.97 Å². The van der Waals surface area contributed by atoms with E-state index >= 15 is 0 Å². The summed E-state index contributed by atoms with van der Waals surface area (Å²) in [4.78, 5) is 36.7. The Labute approximate surface area is 136 Å². The molecule has 0 bridgehead atoms. The minimum Gasteiger partial charge on any atom is -0.461 e. The van der Waals surface area contributed by atoms with E-state index in [0.29, 0.717) is 10.9 Å². The number of esters is 1. The molecule has 118 valence electrons. The zero-order valence-electron chi connectivity index (χ0n) is 12.4. The van der Waals surface area contributed by atoms with Gasteiger partial charge in [-0.3, -0.25) is 9.69 Å². The molecule has 1 fully saturated rings. The summed E-state index contributed by atoms with van der Waals surface area (Å²) in [5.41, 5.74) is 0.904. The lowest BCUT2D eigenvalue weighted by atomic mass is 10.3. The molecule has 2 heterocycles. The van der Waals surface area contributed by atoms with Crippen molar-refractivity contribution in [2.45, 2.75) is 6.92 Å². The number of nitrogens with one attached hydrogen (secondary N) is 1.